The van der Waals surface area contributed by atoms with Crippen molar-refractivity contribution >= 4 is 17.2 Å². The summed E-state index contributed by atoms with van der Waals surface area (Å²) in [7, 11) is 2.16. The second-order valence-electron chi connectivity index (χ2n) is 8.30. The SMILES string of the molecule is CN1CCC2(CC1)CC(=O)c1ccc(C3=CCNc4nc(CO)ccc43)cc12. The lowest BCUT2D eigenvalue weighted by Crippen LogP contribution is -2.39. The number of piperidine rings is 1. The molecule has 0 radical (unpaired) electrons. The average molecular weight is 375 g/mol. The number of hydrogen-bond donors (Lipinski definition) is 2. The normalized spacial score (nSPS) is 20.5. The van der Waals surface area contributed by atoms with E-state index in [2.05, 4.69) is 40.5 Å². The number of pyridine rings is 1. The highest BCUT2D eigenvalue weighted by Crippen LogP contribution is 2.47. The summed E-state index contributed by atoms with van der Waals surface area (Å²) in [6.45, 7) is 2.72. The molecule has 5 heteroatoms. The molecule has 144 valence electrons. The van der Waals surface area contributed by atoms with Gasteiger partial charge < -0.3 is 15.3 Å². The van der Waals surface area contributed by atoms with Crippen LogP contribution in [0.3, 0.4) is 0 Å². The molecule has 1 saturated heterocycles. The van der Waals surface area contributed by atoms with E-state index >= 15 is 0 Å². The molecular formula is C23H25N3O2. The van der Waals surface area contributed by atoms with Crippen LogP contribution in [0.4, 0.5) is 5.82 Å². The van der Waals surface area contributed by atoms with Crippen LogP contribution in [0, 0.1) is 0 Å². The van der Waals surface area contributed by atoms with Crippen molar-refractivity contribution < 1.29 is 9.90 Å². The lowest BCUT2D eigenvalue weighted by Gasteiger charge is -2.38. The summed E-state index contributed by atoms with van der Waals surface area (Å²) in [6.07, 6.45) is 4.93. The second-order valence-corrected chi connectivity index (χ2v) is 8.30. The number of nitrogens with zero attached hydrogens (tertiary/aromatic N) is 2. The predicted octanol–water partition coefficient (Wildman–Crippen LogP) is 2.98. The van der Waals surface area contributed by atoms with Crippen LogP contribution in [0.5, 0.6) is 0 Å². The second kappa shape index (κ2) is 6.54. The first-order valence-corrected chi connectivity index (χ1v) is 10.0. The average Bonchev–Trinajstić information content (AvgIpc) is 3.00. The maximum absolute atomic E-state index is 12.7. The minimum Gasteiger partial charge on any atom is -0.390 e. The standard InChI is InChI=1S/C23H25N3O2/c1-26-10-7-23(8-11-26)13-21(28)19-4-2-15(12-20(19)23)17-6-9-24-22-18(17)5-3-16(14-27)25-22/h2-6,12,27H,7-11,13-14H2,1H3,(H,24,25). The van der Waals surface area contributed by atoms with Gasteiger partial charge >= 0.3 is 0 Å². The summed E-state index contributed by atoms with van der Waals surface area (Å²) in [6, 6.07) is 10.3. The highest BCUT2D eigenvalue weighted by atomic mass is 16.3. The summed E-state index contributed by atoms with van der Waals surface area (Å²) in [5, 5.41) is 12.7. The molecule has 1 aliphatic carbocycles. The zero-order chi connectivity index (χ0) is 19.3. The Morgan fingerprint density at radius 1 is 1.18 bits per heavy atom. The summed E-state index contributed by atoms with van der Waals surface area (Å²) >= 11 is 0. The molecule has 3 heterocycles. The number of likely N-dealkylation sites (tertiary alicyclic amines) is 1. The van der Waals surface area contributed by atoms with Gasteiger partial charge in [-0.3, -0.25) is 4.79 Å². The molecule has 2 N–H and O–H groups in total. The van der Waals surface area contributed by atoms with Gasteiger partial charge in [0.05, 0.1) is 12.3 Å². The molecular weight excluding hydrogens is 350 g/mol. The lowest BCUT2D eigenvalue weighted by molar-refractivity contribution is 0.0945. The van der Waals surface area contributed by atoms with Gasteiger partial charge in [0.15, 0.2) is 5.78 Å². The Hall–Kier alpha value is -2.50. The largest absolute Gasteiger partial charge is 0.390 e. The summed E-state index contributed by atoms with van der Waals surface area (Å²) < 4.78 is 0. The van der Waals surface area contributed by atoms with Gasteiger partial charge in [-0.15, -0.1) is 0 Å². The first kappa shape index (κ1) is 17.6. The smallest absolute Gasteiger partial charge is 0.164 e. The molecule has 0 unspecified atom stereocenters. The van der Waals surface area contributed by atoms with Gasteiger partial charge in [0.25, 0.3) is 0 Å². The number of benzene rings is 1. The molecule has 1 aromatic carbocycles. The Kier molecular flexibility index (Phi) is 4.11. The van der Waals surface area contributed by atoms with E-state index in [4.69, 9.17) is 0 Å². The predicted molar refractivity (Wildman–Crippen MR) is 110 cm³/mol. The molecule has 5 rings (SSSR count). The van der Waals surface area contributed by atoms with Crippen LogP contribution in [-0.4, -0.2) is 47.5 Å². The van der Waals surface area contributed by atoms with Crippen molar-refractivity contribution in [3.05, 3.63) is 64.4 Å². The molecule has 1 spiro atoms. The minimum atomic E-state index is -0.0636. The molecule has 1 fully saturated rings. The monoisotopic (exact) mass is 375 g/mol. The van der Waals surface area contributed by atoms with E-state index in [1.54, 1.807) is 0 Å². The van der Waals surface area contributed by atoms with E-state index in [0.717, 1.165) is 54.0 Å². The van der Waals surface area contributed by atoms with Crippen molar-refractivity contribution in [2.75, 3.05) is 32.0 Å². The number of carbonyl (C=O) groups is 1. The van der Waals surface area contributed by atoms with Crippen LogP contribution >= 0.6 is 0 Å². The van der Waals surface area contributed by atoms with Crippen molar-refractivity contribution in [2.24, 2.45) is 0 Å². The van der Waals surface area contributed by atoms with Crippen molar-refractivity contribution in [3.8, 4) is 0 Å². The van der Waals surface area contributed by atoms with Gasteiger partial charge in [0.2, 0.25) is 0 Å². The van der Waals surface area contributed by atoms with Gasteiger partial charge in [-0.05, 0) is 67.9 Å². The first-order valence-electron chi connectivity index (χ1n) is 10.0. The van der Waals surface area contributed by atoms with Crippen LogP contribution < -0.4 is 5.32 Å². The highest BCUT2D eigenvalue weighted by molar-refractivity contribution is 6.03. The number of fused-ring (bicyclic) bond motifs is 3. The Morgan fingerprint density at radius 3 is 2.75 bits per heavy atom. The summed E-state index contributed by atoms with van der Waals surface area (Å²) in [5.74, 6) is 1.11. The number of aliphatic hydroxyl groups is 1. The van der Waals surface area contributed by atoms with Crippen LogP contribution in [0.1, 0.15) is 52.0 Å². The molecule has 2 aliphatic heterocycles. The van der Waals surface area contributed by atoms with Crippen LogP contribution in [0.15, 0.2) is 36.4 Å². The zero-order valence-corrected chi connectivity index (χ0v) is 16.2. The lowest BCUT2D eigenvalue weighted by atomic mass is 9.73. The van der Waals surface area contributed by atoms with Crippen molar-refractivity contribution in [2.45, 2.75) is 31.3 Å². The number of aromatic nitrogens is 1. The van der Waals surface area contributed by atoms with Gasteiger partial charge in [-0.25, -0.2) is 4.98 Å². The molecule has 0 bridgehead atoms. The third-order valence-corrected chi connectivity index (χ3v) is 6.63. The van der Waals surface area contributed by atoms with E-state index < -0.39 is 0 Å². The molecule has 0 amide bonds. The fourth-order valence-electron chi connectivity index (χ4n) is 4.96. The third-order valence-electron chi connectivity index (χ3n) is 6.63. The topological polar surface area (TPSA) is 65.5 Å². The summed E-state index contributed by atoms with van der Waals surface area (Å²) in [5.41, 5.74) is 6.16. The molecule has 2 aromatic rings. The number of ketones is 1. The van der Waals surface area contributed by atoms with Crippen molar-refractivity contribution in [1.29, 1.82) is 0 Å². The molecule has 1 aromatic heterocycles. The maximum Gasteiger partial charge on any atom is 0.164 e. The minimum absolute atomic E-state index is 0.00421. The molecule has 28 heavy (non-hydrogen) atoms. The first-order chi connectivity index (χ1) is 13.6. The Bertz CT molecular complexity index is 987. The molecule has 5 nitrogen and oxygen atoms in total. The maximum atomic E-state index is 12.7. The third kappa shape index (κ3) is 2.69. The van der Waals surface area contributed by atoms with Gasteiger partial charge in [0.1, 0.15) is 5.82 Å². The number of nitrogens with one attached hydrogen (secondary N) is 1. The number of carbonyl (C=O) groups excluding carboxylic acids is 1. The van der Waals surface area contributed by atoms with Crippen LogP contribution in [0.2, 0.25) is 0 Å². The zero-order valence-electron chi connectivity index (χ0n) is 16.2. The number of aliphatic hydroxyl groups excluding tert-OH is 1. The Labute approximate surface area is 165 Å². The summed E-state index contributed by atoms with van der Waals surface area (Å²) in [4.78, 5) is 19.6. The van der Waals surface area contributed by atoms with E-state index in [1.165, 1.54) is 5.56 Å². The number of rotatable bonds is 2. The quantitative estimate of drug-likeness (QED) is 0.845. The Balaban J connectivity index is 1.57. The van der Waals surface area contributed by atoms with Crippen LogP contribution in [0.25, 0.3) is 5.57 Å². The highest BCUT2D eigenvalue weighted by Gasteiger charge is 2.44. The Morgan fingerprint density at radius 2 is 1.96 bits per heavy atom. The molecule has 3 aliphatic rings. The van der Waals surface area contributed by atoms with E-state index in [9.17, 15) is 9.90 Å². The van der Waals surface area contributed by atoms with Gasteiger partial charge in [-0.1, -0.05) is 18.2 Å². The fraction of sp³-hybridized carbons (Fsp3) is 0.391. The van der Waals surface area contributed by atoms with Gasteiger partial charge in [-0.2, -0.15) is 0 Å². The number of hydrogen-bond acceptors (Lipinski definition) is 5. The van der Waals surface area contributed by atoms with E-state index in [0.29, 0.717) is 24.4 Å². The van der Waals surface area contributed by atoms with Gasteiger partial charge in [0, 0.05) is 29.5 Å². The fourth-order valence-corrected chi connectivity index (χ4v) is 4.96. The van der Waals surface area contributed by atoms with Crippen molar-refractivity contribution in [3.63, 3.8) is 0 Å². The van der Waals surface area contributed by atoms with E-state index in [1.807, 2.05) is 18.2 Å². The molecule has 0 atom stereocenters. The van der Waals surface area contributed by atoms with Crippen molar-refractivity contribution in [1.82, 2.24) is 9.88 Å². The number of anilines is 1. The van der Waals surface area contributed by atoms with E-state index in [-0.39, 0.29) is 12.0 Å². The number of Topliss-reactive ketones (excluding diaryl/α,β-unsaturated/α-hetero) is 1. The molecule has 0 saturated carbocycles. The van der Waals surface area contributed by atoms with Crippen LogP contribution in [-0.2, 0) is 12.0 Å².